The predicted octanol–water partition coefficient (Wildman–Crippen LogP) is 3.35. The summed E-state index contributed by atoms with van der Waals surface area (Å²) < 4.78 is 1.25. The van der Waals surface area contributed by atoms with Crippen LogP contribution in [-0.4, -0.2) is 0 Å². The fraction of sp³-hybridized carbons (Fsp3) is 0.200. The average molecular weight is 352 g/mol. The lowest BCUT2D eigenvalue weighted by Gasteiger charge is -2.17. The van der Waals surface area contributed by atoms with E-state index < -0.39 is 0 Å². The molecule has 1 unspecified atom stereocenters. The topological polar surface area (TPSA) is 38.0 Å². The highest BCUT2D eigenvalue weighted by atomic mass is 127. The molecule has 0 aliphatic rings. The van der Waals surface area contributed by atoms with E-state index >= 15 is 0 Å². The van der Waals surface area contributed by atoms with Crippen molar-refractivity contribution >= 4 is 22.6 Å². The van der Waals surface area contributed by atoms with Crippen molar-refractivity contribution in [1.82, 2.24) is 5.43 Å². The second-order valence-corrected chi connectivity index (χ2v) is 5.71. The summed E-state index contributed by atoms with van der Waals surface area (Å²) in [6.45, 7) is 2.10. The highest BCUT2D eigenvalue weighted by Crippen LogP contribution is 2.19. The van der Waals surface area contributed by atoms with Crippen molar-refractivity contribution in [2.45, 2.75) is 19.4 Å². The Kier molecular flexibility index (Phi) is 4.74. The molecule has 0 amide bonds. The predicted molar refractivity (Wildman–Crippen MR) is 84.1 cm³/mol. The van der Waals surface area contributed by atoms with E-state index in [1.807, 2.05) is 0 Å². The molecule has 0 aromatic heterocycles. The van der Waals surface area contributed by atoms with Crippen LogP contribution in [0.15, 0.2) is 48.5 Å². The second kappa shape index (κ2) is 6.31. The molecule has 1 atom stereocenters. The third-order valence-electron chi connectivity index (χ3n) is 3.00. The van der Waals surface area contributed by atoms with Gasteiger partial charge in [-0.2, -0.15) is 0 Å². The van der Waals surface area contributed by atoms with Crippen molar-refractivity contribution in [2.24, 2.45) is 5.84 Å². The monoisotopic (exact) mass is 352 g/mol. The summed E-state index contributed by atoms with van der Waals surface area (Å²) in [4.78, 5) is 0. The van der Waals surface area contributed by atoms with Gasteiger partial charge in [0.15, 0.2) is 0 Å². The first-order valence-corrected chi connectivity index (χ1v) is 7.04. The molecule has 0 radical (unpaired) electrons. The molecule has 2 rings (SSSR count). The summed E-state index contributed by atoms with van der Waals surface area (Å²) in [5, 5.41) is 0. The number of benzene rings is 2. The molecule has 0 saturated carbocycles. The molecule has 0 aliphatic carbocycles. The normalized spacial score (nSPS) is 12.4. The van der Waals surface area contributed by atoms with E-state index in [-0.39, 0.29) is 6.04 Å². The Balaban J connectivity index is 2.17. The molecular formula is C15H17IN2. The molecule has 0 bridgehead atoms. The number of aryl methyl sites for hydroxylation is 1. The average Bonchev–Trinajstić information content (AvgIpc) is 2.38. The lowest BCUT2D eigenvalue weighted by Crippen LogP contribution is -2.29. The Labute approximate surface area is 122 Å². The summed E-state index contributed by atoms with van der Waals surface area (Å²) in [5.41, 5.74) is 6.69. The molecule has 0 aliphatic heterocycles. The zero-order chi connectivity index (χ0) is 13.0. The van der Waals surface area contributed by atoms with E-state index in [1.165, 1.54) is 20.3 Å². The molecule has 2 aromatic carbocycles. The van der Waals surface area contributed by atoms with Crippen LogP contribution in [-0.2, 0) is 6.42 Å². The first-order valence-electron chi connectivity index (χ1n) is 5.96. The summed E-state index contributed by atoms with van der Waals surface area (Å²) in [6.07, 6.45) is 0.900. The van der Waals surface area contributed by atoms with Crippen molar-refractivity contribution in [1.29, 1.82) is 0 Å². The van der Waals surface area contributed by atoms with E-state index in [0.29, 0.717) is 0 Å². The van der Waals surface area contributed by atoms with Crippen molar-refractivity contribution in [3.8, 4) is 0 Å². The van der Waals surface area contributed by atoms with Crippen LogP contribution in [0, 0.1) is 10.5 Å². The minimum atomic E-state index is 0.157. The van der Waals surface area contributed by atoms with Crippen molar-refractivity contribution in [3.63, 3.8) is 0 Å². The van der Waals surface area contributed by atoms with Gasteiger partial charge in [-0.05, 0) is 59.2 Å². The highest BCUT2D eigenvalue weighted by Gasteiger charge is 2.10. The van der Waals surface area contributed by atoms with Gasteiger partial charge in [0, 0.05) is 9.61 Å². The molecule has 18 heavy (non-hydrogen) atoms. The van der Waals surface area contributed by atoms with Gasteiger partial charge in [-0.1, -0.05) is 42.0 Å². The zero-order valence-electron chi connectivity index (χ0n) is 10.4. The SMILES string of the molecule is Cc1cccc(C(Cc2ccc(I)cc2)NN)c1. The van der Waals surface area contributed by atoms with Gasteiger partial charge in [0.2, 0.25) is 0 Å². The fourth-order valence-electron chi connectivity index (χ4n) is 2.02. The van der Waals surface area contributed by atoms with Gasteiger partial charge in [-0.25, -0.2) is 0 Å². The Morgan fingerprint density at radius 1 is 1.17 bits per heavy atom. The Bertz CT molecular complexity index is 508. The minimum absolute atomic E-state index is 0.157. The van der Waals surface area contributed by atoms with Gasteiger partial charge < -0.3 is 0 Å². The first-order chi connectivity index (χ1) is 8.69. The lowest BCUT2D eigenvalue weighted by molar-refractivity contribution is 0.551. The number of halogens is 1. The maximum absolute atomic E-state index is 5.68. The van der Waals surface area contributed by atoms with E-state index in [2.05, 4.69) is 83.5 Å². The van der Waals surface area contributed by atoms with E-state index in [9.17, 15) is 0 Å². The van der Waals surface area contributed by atoms with Gasteiger partial charge in [0.25, 0.3) is 0 Å². The third kappa shape index (κ3) is 3.54. The van der Waals surface area contributed by atoms with Gasteiger partial charge >= 0.3 is 0 Å². The maximum Gasteiger partial charge on any atom is 0.0500 e. The third-order valence-corrected chi connectivity index (χ3v) is 3.72. The number of nitrogens with one attached hydrogen (secondary N) is 1. The van der Waals surface area contributed by atoms with Crippen molar-refractivity contribution < 1.29 is 0 Å². The van der Waals surface area contributed by atoms with Crippen LogP contribution in [0.5, 0.6) is 0 Å². The van der Waals surface area contributed by atoms with E-state index in [4.69, 9.17) is 5.84 Å². The molecule has 0 spiro atoms. The van der Waals surface area contributed by atoms with Crippen LogP contribution >= 0.6 is 22.6 Å². The first kappa shape index (κ1) is 13.5. The van der Waals surface area contributed by atoms with Crippen LogP contribution in [0.2, 0.25) is 0 Å². The summed E-state index contributed by atoms with van der Waals surface area (Å²) >= 11 is 2.32. The second-order valence-electron chi connectivity index (χ2n) is 4.46. The quantitative estimate of drug-likeness (QED) is 0.503. The number of hydrogen-bond donors (Lipinski definition) is 2. The maximum atomic E-state index is 5.68. The minimum Gasteiger partial charge on any atom is -0.271 e. The molecule has 94 valence electrons. The summed E-state index contributed by atoms with van der Waals surface area (Å²) in [5.74, 6) is 5.68. The van der Waals surface area contributed by atoms with Crippen molar-refractivity contribution in [2.75, 3.05) is 0 Å². The fourth-order valence-corrected chi connectivity index (χ4v) is 2.38. The van der Waals surface area contributed by atoms with Gasteiger partial charge in [0.05, 0.1) is 0 Å². The van der Waals surface area contributed by atoms with Gasteiger partial charge in [-0.3, -0.25) is 11.3 Å². The number of nitrogens with two attached hydrogens (primary N) is 1. The highest BCUT2D eigenvalue weighted by molar-refractivity contribution is 14.1. The number of hydrazine groups is 1. The Morgan fingerprint density at radius 3 is 2.50 bits per heavy atom. The zero-order valence-corrected chi connectivity index (χ0v) is 12.5. The van der Waals surface area contributed by atoms with Crippen LogP contribution in [0.25, 0.3) is 0 Å². The molecule has 0 saturated heterocycles. The van der Waals surface area contributed by atoms with Crippen molar-refractivity contribution in [3.05, 3.63) is 68.8 Å². The van der Waals surface area contributed by atoms with Crippen LogP contribution in [0.4, 0.5) is 0 Å². The molecule has 0 fully saturated rings. The Hall–Kier alpha value is -0.910. The molecule has 0 heterocycles. The molecule has 3 N–H and O–H groups in total. The Morgan fingerprint density at radius 2 is 1.89 bits per heavy atom. The van der Waals surface area contributed by atoms with Crippen LogP contribution in [0.3, 0.4) is 0 Å². The largest absolute Gasteiger partial charge is 0.271 e. The summed E-state index contributed by atoms with van der Waals surface area (Å²) in [7, 11) is 0. The van der Waals surface area contributed by atoms with E-state index in [1.54, 1.807) is 0 Å². The van der Waals surface area contributed by atoms with Gasteiger partial charge in [-0.15, -0.1) is 0 Å². The van der Waals surface area contributed by atoms with Gasteiger partial charge in [0.1, 0.15) is 0 Å². The molecule has 2 aromatic rings. The molecule has 3 heteroatoms. The van der Waals surface area contributed by atoms with Crippen LogP contribution in [0.1, 0.15) is 22.7 Å². The van der Waals surface area contributed by atoms with E-state index in [0.717, 1.165) is 6.42 Å². The number of rotatable bonds is 4. The smallest absolute Gasteiger partial charge is 0.0500 e. The molecule has 2 nitrogen and oxygen atoms in total. The van der Waals surface area contributed by atoms with Crippen LogP contribution < -0.4 is 11.3 Å². The lowest BCUT2D eigenvalue weighted by atomic mass is 9.98. The molecular weight excluding hydrogens is 335 g/mol. The standard InChI is InChI=1S/C15H17IN2/c1-11-3-2-4-13(9-11)15(18-17)10-12-5-7-14(16)8-6-12/h2-9,15,18H,10,17H2,1H3. The number of hydrogen-bond acceptors (Lipinski definition) is 2. The summed E-state index contributed by atoms with van der Waals surface area (Å²) in [6, 6.07) is 17.2.